The van der Waals surface area contributed by atoms with E-state index in [9.17, 15) is 9.59 Å². The lowest BCUT2D eigenvalue weighted by atomic mass is 9.94. The molecule has 7 heteroatoms. The molecule has 1 saturated heterocycles. The summed E-state index contributed by atoms with van der Waals surface area (Å²) in [4.78, 5) is 32.2. The molecule has 28 heavy (non-hydrogen) atoms. The minimum absolute atomic E-state index is 0.0209. The van der Waals surface area contributed by atoms with Gasteiger partial charge in [0.15, 0.2) is 5.17 Å². The zero-order chi connectivity index (χ0) is 20.4. The number of carbonyl (C=O) groups excluding carboxylic acids is 2. The molecular formula is C21H26N2O4S. The average molecular weight is 403 g/mol. The van der Waals surface area contributed by atoms with Gasteiger partial charge in [-0.15, -0.1) is 0 Å². The van der Waals surface area contributed by atoms with Crippen molar-refractivity contribution in [3.8, 4) is 5.75 Å². The molecule has 2 aliphatic heterocycles. The maximum absolute atomic E-state index is 13.0. The average Bonchev–Trinajstić information content (AvgIpc) is 2.96. The summed E-state index contributed by atoms with van der Waals surface area (Å²) in [7, 11) is 0. The SMILES string of the molecule is CCOc1ccc([C@H]2C(C(=O)OC(C)C)=C(C)N=C3S[C@H](CC)C(=O)N32)cc1. The van der Waals surface area contributed by atoms with Crippen LogP contribution in [0.3, 0.4) is 0 Å². The topological polar surface area (TPSA) is 68.2 Å². The molecule has 1 fully saturated rings. The Balaban J connectivity index is 2.07. The lowest BCUT2D eigenvalue weighted by Gasteiger charge is -2.33. The molecule has 1 aromatic rings. The van der Waals surface area contributed by atoms with Crippen molar-refractivity contribution in [1.29, 1.82) is 0 Å². The smallest absolute Gasteiger partial charge is 0.338 e. The van der Waals surface area contributed by atoms with E-state index < -0.39 is 12.0 Å². The van der Waals surface area contributed by atoms with Crippen molar-refractivity contribution < 1.29 is 19.1 Å². The number of esters is 1. The molecule has 0 spiro atoms. The zero-order valence-corrected chi connectivity index (χ0v) is 17.7. The minimum atomic E-state index is -0.550. The van der Waals surface area contributed by atoms with Crippen LogP contribution in [0, 0.1) is 0 Å². The predicted molar refractivity (Wildman–Crippen MR) is 110 cm³/mol. The fourth-order valence-electron chi connectivity index (χ4n) is 3.36. The van der Waals surface area contributed by atoms with E-state index in [2.05, 4.69) is 4.99 Å². The first kappa shape index (κ1) is 20.5. The van der Waals surface area contributed by atoms with Crippen LogP contribution in [0.2, 0.25) is 0 Å². The first-order valence-electron chi connectivity index (χ1n) is 9.60. The number of carbonyl (C=O) groups is 2. The summed E-state index contributed by atoms with van der Waals surface area (Å²) >= 11 is 1.46. The maximum atomic E-state index is 13.0. The third-order valence-corrected chi connectivity index (χ3v) is 5.91. The van der Waals surface area contributed by atoms with Crippen LogP contribution in [0.25, 0.3) is 0 Å². The van der Waals surface area contributed by atoms with Crippen molar-refractivity contribution in [3.05, 3.63) is 41.1 Å². The molecule has 2 atom stereocenters. The summed E-state index contributed by atoms with van der Waals surface area (Å²) in [6.45, 7) is 9.89. The predicted octanol–water partition coefficient (Wildman–Crippen LogP) is 4.08. The summed E-state index contributed by atoms with van der Waals surface area (Å²) in [5, 5.41) is 0.464. The van der Waals surface area contributed by atoms with Gasteiger partial charge >= 0.3 is 5.97 Å². The Morgan fingerprint density at radius 1 is 1.25 bits per heavy atom. The first-order valence-corrected chi connectivity index (χ1v) is 10.5. The van der Waals surface area contributed by atoms with E-state index in [1.807, 2.05) is 38.1 Å². The second kappa shape index (κ2) is 8.39. The standard InChI is InChI=1S/C21H26N2O4S/c1-6-16-19(24)23-18(14-8-10-15(11-9-14)26-7-2)17(20(25)27-12(3)4)13(5)22-21(23)28-16/h8-12,16,18H,6-7H2,1-5H3/t16-,18+/m1/s1. The molecule has 0 N–H and O–H groups in total. The number of allylic oxidation sites excluding steroid dienone is 1. The Kier molecular flexibility index (Phi) is 6.13. The fraction of sp³-hybridized carbons (Fsp3) is 0.476. The number of ether oxygens (including phenoxy) is 2. The minimum Gasteiger partial charge on any atom is -0.494 e. The van der Waals surface area contributed by atoms with Gasteiger partial charge in [0, 0.05) is 0 Å². The van der Waals surface area contributed by atoms with E-state index >= 15 is 0 Å². The summed E-state index contributed by atoms with van der Waals surface area (Å²) in [6, 6.07) is 6.95. The number of aliphatic imine (C=N–C) groups is 1. The van der Waals surface area contributed by atoms with Gasteiger partial charge in [0.05, 0.1) is 35.3 Å². The highest BCUT2D eigenvalue weighted by Crippen LogP contribution is 2.44. The number of nitrogens with zero attached hydrogens (tertiary/aromatic N) is 2. The molecular weight excluding hydrogens is 376 g/mol. The highest BCUT2D eigenvalue weighted by molar-refractivity contribution is 8.15. The number of benzene rings is 1. The molecule has 0 aromatic heterocycles. The summed E-state index contributed by atoms with van der Waals surface area (Å²) in [6.07, 6.45) is 0.450. The largest absolute Gasteiger partial charge is 0.494 e. The zero-order valence-electron chi connectivity index (χ0n) is 16.9. The number of hydrogen-bond donors (Lipinski definition) is 0. The Morgan fingerprint density at radius 3 is 2.50 bits per heavy atom. The molecule has 0 aliphatic carbocycles. The molecule has 1 aromatic carbocycles. The quantitative estimate of drug-likeness (QED) is 0.671. The number of amidine groups is 1. The van der Waals surface area contributed by atoms with Gasteiger partial charge in [0.1, 0.15) is 5.75 Å². The van der Waals surface area contributed by atoms with E-state index in [0.717, 1.165) is 11.3 Å². The number of fused-ring (bicyclic) bond motifs is 1. The number of thioether (sulfide) groups is 1. The Bertz CT molecular complexity index is 829. The van der Waals surface area contributed by atoms with E-state index in [1.165, 1.54) is 11.8 Å². The van der Waals surface area contributed by atoms with Gasteiger partial charge in [-0.3, -0.25) is 9.69 Å². The van der Waals surface area contributed by atoms with Gasteiger partial charge in [0.2, 0.25) is 5.91 Å². The van der Waals surface area contributed by atoms with E-state index in [-0.39, 0.29) is 17.3 Å². The Hall–Kier alpha value is -2.28. The summed E-state index contributed by atoms with van der Waals surface area (Å²) in [5.41, 5.74) is 1.83. The van der Waals surface area contributed by atoms with Crippen molar-refractivity contribution in [2.75, 3.05) is 6.61 Å². The summed E-state index contributed by atoms with van der Waals surface area (Å²) in [5.74, 6) is 0.288. The Labute approximate surface area is 170 Å². The third-order valence-electron chi connectivity index (χ3n) is 4.59. The lowest BCUT2D eigenvalue weighted by molar-refractivity contribution is -0.143. The molecule has 3 rings (SSSR count). The molecule has 0 unspecified atom stereocenters. The van der Waals surface area contributed by atoms with Crippen LogP contribution in [0.4, 0.5) is 0 Å². The van der Waals surface area contributed by atoms with E-state index in [4.69, 9.17) is 9.47 Å². The highest BCUT2D eigenvalue weighted by atomic mass is 32.2. The number of amides is 1. The van der Waals surface area contributed by atoms with Crippen LogP contribution in [-0.4, -0.2) is 39.9 Å². The van der Waals surface area contributed by atoms with Crippen LogP contribution >= 0.6 is 11.8 Å². The van der Waals surface area contributed by atoms with Crippen molar-refractivity contribution >= 4 is 28.8 Å². The van der Waals surface area contributed by atoms with Gasteiger partial charge in [-0.1, -0.05) is 30.8 Å². The highest BCUT2D eigenvalue weighted by Gasteiger charge is 2.47. The monoisotopic (exact) mass is 402 g/mol. The maximum Gasteiger partial charge on any atom is 0.338 e. The van der Waals surface area contributed by atoms with Gasteiger partial charge in [-0.2, -0.15) is 0 Å². The van der Waals surface area contributed by atoms with Crippen LogP contribution in [-0.2, 0) is 14.3 Å². The molecule has 150 valence electrons. The number of rotatable bonds is 6. The van der Waals surface area contributed by atoms with E-state index in [1.54, 1.807) is 25.7 Å². The second-order valence-corrected chi connectivity index (χ2v) is 8.14. The fourth-order valence-corrected chi connectivity index (χ4v) is 4.49. The van der Waals surface area contributed by atoms with Gasteiger partial charge < -0.3 is 9.47 Å². The van der Waals surface area contributed by atoms with Crippen LogP contribution in [0.15, 0.2) is 40.5 Å². The molecule has 2 aliphatic rings. The van der Waals surface area contributed by atoms with Crippen molar-refractivity contribution in [2.24, 2.45) is 4.99 Å². The Morgan fingerprint density at radius 2 is 1.93 bits per heavy atom. The number of hydrogen-bond acceptors (Lipinski definition) is 6. The molecule has 6 nitrogen and oxygen atoms in total. The molecule has 1 amide bonds. The molecule has 2 heterocycles. The molecule has 0 bridgehead atoms. The first-order chi connectivity index (χ1) is 13.4. The third kappa shape index (κ3) is 3.81. The molecule has 0 radical (unpaired) electrons. The van der Waals surface area contributed by atoms with Gasteiger partial charge in [-0.05, 0) is 51.8 Å². The van der Waals surface area contributed by atoms with E-state index in [0.29, 0.717) is 29.5 Å². The van der Waals surface area contributed by atoms with Gasteiger partial charge in [0.25, 0.3) is 0 Å². The van der Waals surface area contributed by atoms with Crippen LogP contribution in [0.5, 0.6) is 5.75 Å². The van der Waals surface area contributed by atoms with Crippen molar-refractivity contribution in [3.63, 3.8) is 0 Å². The van der Waals surface area contributed by atoms with Crippen molar-refractivity contribution in [2.45, 2.75) is 58.4 Å². The van der Waals surface area contributed by atoms with Crippen LogP contribution < -0.4 is 4.74 Å². The second-order valence-electron chi connectivity index (χ2n) is 6.98. The summed E-state index contributed by atoms with van der Waals surface area (Å²) < 4.78 is 11.0. The lowest BCUT2D eigenvalue weighted by Crippen LogP contribution is -2.41. The normalized spacial score (nSPS) is 21.7. The van der Waals surface area contributed by atoms with Crippen molar-refractivity contribution in [1.82, 2.24) is 4.90 Å². The molecule has 0 saturated carbocycles. The van der Waals surface area contributed by atoms with Crippen LogP contribution in [0.1, 0.15) is 52.6 Å². The van der Waals surface area contributed by atoms with Gasteiger partial charge in [-0.25, -0.2) is 9.79 Å².